The molecule has 1 aromatic heterocycles. The van der Waals surface area contributed by atoms with Crippen molar-refractivity contribution in [3.63, 3.8) is 0 Å². The van der Waals surface area contributed by atoms with Gasteiger partial charge in [0.15, 0.2) is 0 Å². The van der Waals surface area contributed by atoms with Gasteiger partial charge in [-0.05, 0) is 66.9 Å². The molecule has 0 aliphatic carbocycles. The SMILES string of the molecule is C[C@@H](C(=O)Nc1cccc(F)c1)N1CCC[C@H]1c1ccsc1. The largest absolute Gasteiger partial charge is 0.325 e. The van der Waals surface area contributed by atoms with E-state index >= 15 is 0 Å². The van der Waals surface area contributed by atoms with Gasteiger partial charge in [-0.3, -0.25) is 9.69 Å². The summed E-state index contributed by atoms with van der Waals surface area (Å²) in [7, 11) is 0. The molecule has 2 atom stereocenters. The maximum atomic E-state index is 13.2. The Bertz CT molecular complexity index is 644. The van der Waals surface area contributed by atoms with Crippen molar-refractivity contribution in [3.05, 3.63) is 52.5 Å². The molecule has 116 valence electrons. The van der Waals surface area contributed by atoms with Gasteiger partial charge in [-0.1, -0.05) is 6.07 Å². The predicted molar refractivity (Wildman–Crippen MR) is 87.5 cm³/mol. The number of likely N-dealkylation sites (tertiary alicyclic amines) is 1. The summed E-state index contributed by atoms with van der Waals surface area (Å²) >= 11 is 1.68. The molecule has 1 fully saturated rings. The number of anilines is 1. The molecule has 2 aromatic rings. The Morgan fingerprint density at radius 3 is 3.05 bits per heavy atom. The van der Waals surface area contributed by atoms with E-state index < -0.39 is 0 Å². The van der Waals surface area contributed by atoms with Crippen LogP contribution in [0, 0.1) is 5.82 Å². The molecule has 0 radical (unpaired) electrons. The summed E-state index contributed by atoms with van der Waals surface area (Å²) in [5, 5.41) is 7.03. The van der Waals surface area contributed by atoms with Gasteiger partial charge in [-0.2, -0.15) is 11.3 Å². The first kappa shape index (κ1) is 15.2. The summed E-state index contributed by atoms with van der Waals surface area (Å²) in [5.41, 5.74) is 1.79. The molecule has 3 nitrogen and oxygen atoms in total. The molecule has 0 bridgehead atoms. The van der Waals surface area contributed by atoms with E-state index in [1.54, 1.807) is 23.5 Å². The lowest BCUT2D eigenvalue weighted by Crippen LogP contribution is -2.41. The summed E-state index contributed by atoms with van der Waals surface area (Å²) in [6.07, 6.45) is 2.17. The van der Waals surface area contributed by atoms with Gasteiger partial charge in [0.2, 0.25) is 5.91 Å². The van der Waals surface area contributed by atoms with Gasteiger partial charge < -0.3 is 5.32 Å². The van der Waals surface area contributed by atoms with E-state index in [4.69, 9.17) is 0 Å². The number of carbonyl (C=O) groups excluding carboxylic acids is 1. The Hall–Kier alpha value is -1.72. The fourth-order valence-corrected chi connectivity index (χ4v) is 3.75. The molecule has 0 saturated carbocycles. The van der Waals surface area contributed by atoms with Gasteiger partial charge >= 0.3 is 0 Å². The number of thiophene rings is 1. The molecular formula is C17H19FN2OS. The van der Waals surface area contributed by atoms with Gasteiger partial charge in [-0.15, -0.1) is 0 Å². The van der Waals surface area contributed by atoms with E-state index in [-0.39, 0.29) is 17.8 Å². The molecule has 3 rings (SSSR count). The second kappa shape index (κ2) is 6.58. The molecule has 22 heavy (non-hydrogen) atoms. The van der Waals surface area contributed by atoms with Crippen molar-refractivity contribution in [1.82, 2.24) is 4.90 Å². The summed E-state index contributed by atoms with van der Waals surface area (Å²) in [6.45, 7) is 2.83. The van der Waals surface area contributed by atoms with Crippen LogP contribution in [0.15, 0.2) is 41.1 Å². The molecule has 1 saturated heterocycles. The third-order valence-corrected chi connectivity index (χ3v) is 4.89. The lowest BCUT2D eigenvalue weighted by atomic mass is 10.1. The smallest absolute Gasteiger partial charge is 0.241 e. The lowest BCUT2D eigenvalue weighted by molar-refractivity contribution is -0.121. The van der Waals surface area contributed by atoms with E-state index in [0.717, 1.165) is 19.4 Å². The Morgan fingerprint density at radius 1 is 1.45 bits per heavy atom. The first-order valence-electron chi connectivity index (χ1n) is 7.49. The van der Waals surface area contributed by atoms with Crippen LogP contribution in [-0.2, 0) is 4.79 Å². The zero-order valence-corrected chi connectivity index (χ0v) is 13.3. The molecule has 1 aromatic carbocycles. The average molecular weight is 318 g/mol. The lowest BCUT2D eigenvalue weighted by Gasteiger charge is -2.29. The van der Waals surface area contributed by atoms with Crippen molar-refractivity contribution < 1.29 is 9.18 Å². The predicted octanol–water partition coefficient (Wildman–Crippen LogP) is 4.05. The Labute approximate surface area is 133 Å². The van der Waals surface area contributed by atoms with Gasteiger partial charge in [0.05, 0.1) is 6.04 Å². The van der Waals surface area contributed by atoms with Crippen molar-refractivity contribution in [3.8, 4) is 0 Å². The normalized spacial score (nSPS) is 20.0. The first-order valence-corrected chi connectivity index (χ1v) is 8.43. The molecule has 0 unspecified atom stereocenters. The highest BCUT2D eigenvalue weighted by atomic mass is 32.1. The maximum absolute atomic E-state index is 13.2. The third-order valence-electron chi connectivity index (χ3n) is 4.19. The topological polar surface area (TPSA) is 32.3 Å². The van der Waals surface area contributed by atoms with Crippen molar-refractivity contribution in [2.75, 3.05) is 11.9 Å². The van der Waals surface area contributed by atoms with Crippen LogP contribution in [0.1, 0.15) is 31.4 Å². The summed E-state index contributed by atoms with van der Waals surface area (Å²) in [5.74, 6) is -0.435. The van der Waals surface area contributed by atoms with Gasteiger partial charge in [-0.25, -0.2) is 4.39 Å². The van der Waals surface area contributed by atoms with E-state index in [0.29, 0.717) is 11.7 Å². The minimum atomic E-state index is -0.345. The van der Waals surface area contributed by atoms with Gasteiger partial charge in [0.1, 0.15) is 5.82 Å². The molecular weight excluding hydrogens is 299 g/mol. The number of rotatable bonds is 4. The monoisotopic (exact) mass is 318 g/mol. The number of hydrogen-bond donors (Lipinski definition) is 1. The quantitative estimate of drug-likeness (QED) is 0.922. The van der Waals surface area contributed by atoms with Crippen LogP contribution in [0.3, 0.4) is 0 Å². The second-order valence-electron chi connectivity index (χ2n) is 5.63. The number of halogens is 1. The second-order valence-corrected chi connectivity index (χ2v) is 6.41. The summed E-state index contributed by atoms with van der Waals surface area (Å²) < 4.78 is 13.2. The van der Waals surface area contributed by atoms with Crippen molar-refractivity contribution in [1.29, 1.82) is 0 Å². The number of nitrogens with zero attached hydrogens (tertiary/aromatic N) is 1. The van der Waals surface area contributed by atoms with Crippen molar-refractivity contribution in [2.24, 2.45) is 0 Å². The van der Waals surface area contributed by atoms with E-state index in [2.05, 4.69) is 27.0 Å². The third kappa shape index (κ3) is 3.20. The van der Waals surface area contributed by atoms with Crippen LogP contribution in [0.4, 0.5) is 10.1 Å². The molecule has 1 N–H and O–H groups in total. The van der Waals surface area contributed by atoms with Crippen molar-refractivity contribution in [2.45, 2.75) is 31.8 Å². The minimum Gasteiger partial charge on any atom is -0.325 e. The zero-order chi connectivity index (χ0) is 15.5. The van der Waals surface area contributed by atoms with E-state index in [1.165, 1.54) is 17.7 Å². The fourth-order valence-electron chi connectivity index (χ4n) is 3.04. The first-order chi connectivity index (χ1) is 10.6. The van der Waals surface area contributed by atoms with E-state index in [1.807, 2.05) is 6.92 Å². The van der Waals surface area contributed by atoms with Gasteiger partial charge in [0.25, 0.3) is 0 Å². The number of hydrogen-bond acceptors (Lipinski definition) is 3. The van der Waals surface area contributed by atoms with Crippen LogP contribution in [0.25, 0.3) is 0 Å². The minimum absolute atomic E-state index is 0.0901. The van der Waals surface area contributed by atoms with Crippen LogP contribution < -0.4 is 5.32 Å². The Kier molecular flexibility index (Phi) is 4.55. The van der Waals surface area contributed by atoms with Crippen LogP contribution in [-0.4, -0.2) is 23.4 Å². The summed E-state index contributed by atoms with van der Waals surface area (Å²) in [6, 6.07) is 8.20. The molecule has 0 spiro atoms. The molecule has 5 heteroatoms. The molecule has 1 aliphatic rings. The number of nitrogens with one attached hydrogen (secondary N) is 1. The average Bonchev–Trinajstić information content (AvgIpc) is 3.17. The van der Waals surface area contributed by atoms with E-state index in [9.17, 15) is 9.18 Å². The van der Waals surface area contributed by atoms with Gasteiger partial charge in [0, 0.05) is 11.7 Å². The van der Waals surface area contributed by atoms with Crippen LogP contribution in [0.5, 0.6) is 0 Å². The highest BCUT2D eigenvalue weighted by Gasteiger charge is 2.33. The zero-order valence-electron chi connectivity index (χ0n) is 12.5. The van der Waals surface area contributed by atoms with Crippen molar-refractivity contribution >= 4 is 22.9 Å². The molecule has 1 amide bonds. The summed E-state index contributed by atoms with van der Waals surface area (Å²) in [4.78, 5) is 14.7. The Morgan fingerprint density at radius 2 is 2.32 bits per heavy atom. The Balaban J connectivity index is 1.70. The van der Waals surface area contributed by atoms with Crippen LogP contribution in [0.2, 0.25) is 0 Å². The number of carbonyl (C=O) groups is 1. The number of amides is 1. The number of benzene rings is 1. The highest BCUT2D eigenvalue weighted by Crippen LogP contribution is 2.34. The molecule has 2 heterocycles. The maximum Gasteiger partial charge on any atom is 0.241 e. The standard InChI is InChI=1S/C17H19FN2OS/c1-12(17(21)19-15-5-2-4-14(18)10-15)20-8-3-6-16(20)13-7-9-22-11-13/h2,4-5,7,9-12,16H,3,6,8H2,1H3,(H,19,21)/t12-,16-/m0/s1. The molecule has 1 aliphatic heterocycles. The van der Waals surface area contributed by atoms with Crippen LogP contribution >= 0.6 is 11.3 Å². The fraction of sp³-hybridized carbons (Fsp3) is 0.353. The highest BCUT2D eigenvalue weighted by molar-refractivity contribution is 7.07.